The van der Waals surface area contributed by atoms with Gasteiger partial charge in [-0.15, -0.1) is 0 Å². The topological polar surface area (TPSA) is 71.1 Å². The van der Waals surface area contributed by atoms with Crippen molar-refractivity contribution in [3.63, 3.8) is 0 Å². The van der Waals surface area contributed by atoms with E-state index in [1.165, 1.54) is 13.8 Å². The van der Waals surface area contributed by atoms with Crippen molar-refractivity contribution in [3.8, 4) is 0 Å². The van der Waals surface area contributed by atoms with Crippen LogP contribution in [-0.2, 0) is 35.1 Å². The molecule has 1 unspecified atom stereocenters. The second-order valence-corrected chi connectivity index (χ2v) is 6.05. The van der Waals surface area contributed by atoms with Crippen LogP contribution in [0.3, 0.4) is 0 Å². The van der Waals surface area contributed by atoms with Gasteiger partial charge in [0, 0.05) is 13.8 Å². The average molecular weight is 336 g/mol. The molecule has 1 saturated heterocycles. The summed E-state index contributed by atoms with van der Waals surface area (Å²) in [6.07, 6.45) is -1.71. The molecule has 0 N–H and O–H groups in total. The Labute approximate surface area is 142 Å². The van der Waals surface area contributed by atoms with E-state index >= 15 is 0 Å². The summed E-state index contributed by atoms with van der Waals surface area (Å²) in [5.41, 5.74) is 0.267. The summed E-state index contributed by atoms with van der Waals surface area (Å²) >= 11 is 0. The molecule has 0 radical (unpaired) electrons. The largest absolute Gasteiger partial charge is 0.453 e. The lowest BCUT2D eigenvalue weighted by Gasteiger charge is -2.30. The Hall–Kier alpha value is -1.92. The maximum Gasteiger partial charge on any atom is 0.305 e. The number of esters is 2. The zero-order valence-electron chi connectivity index (χ0n) is 14.5. The zero-order valence-corrected chi connectivity index (χ0v) is 14.5. The van der Waals surface area contributed by atoms with Gasteiger partial charge in [0.1, 0.15) is 6.10 Å². The summed E-state index contributed by atoms with van der Waals surface area (Å²) in [6, 6.07) is 9.67. The highest BCUT2D eigenvalue weighted by atomic mass is 16.7. The van der Waals surface area contributed by atoms with E-state index in [4.69, 9.17) is 18.9 Å². The minimum absolute atomic E-state index is 0.342. The molecule has 0 amide bonds. The average Bonchev–Trinajstić information content (AvgIpc) is 2.77. The molecule has 6 heteroatoms. The van der Waals surface area contributed by atoms with Gasteiger partial charge in [0.2, 0.25) is 6.29 Å². The lowest BCUT2D eigenvalue weighted by atomic mass is 9.94. The molecule has 1 fully saturated rings. The van der Waals surface area contributed by atoms with Gasteiger partial charge in [-0.3, -0.25) is 9.59 Å². The van der Waals surface area contributed by atoms with E-state index in [9.17, 15) is 9.59 Å². The van der Waals surface area contributed by atoms with Gasteiger partial charge in [-0.05, 0) is 18.9 Å². The number of carbonyl (C=O) groups is 2. The molecular weight excluding hydrogens is 312 g/mol. The van der Waals surface area contributed by atoms with Crippen LogP contribution >= 0.6 is 0 Å². The lowest BCUT2D eigenvalue weighted by molar-refractivity contribution is -0.202. The summed E-state index contributed by atoms with van der Waals surface area (Å²) in [4.78, 5) is 22.8. The summed E-state index contributed by atoms with van der Waals surface area (Å²) in [6.45, 7) is 6.74. The second-order valence-electron chi connectivity index (χ2n) is 6.05. The van der Waals surface area contributed by atoms with E-state index in [0.29, 0.717) is 13.0 Å². The van der Waals surface area contributed by atoms with Gasteiger partial charge in [-0.25, -0.2) is 0 Å². The van der Waals surface area contributed by atoms with Gasteiger partial charge < -0.3 is 18.9 Å². The number of hydrogen-bond acceptors (Lipinski definition) is 6. The summed E-state index contributed by atoms with van der Waals surface area (Å²) in [5, 5.41) is 0. The van der Waals surface area contributed by atoms with E-state index in [1.54, 1.807) is 0 Å². The number of carbonyl (C=O) groups excluding carboxylic acids is 2. The first-order valence-electron chi connectivity index (χ1n) is 8.03. The number of rotatable bonds is 6. The predicted molar refractivity (Wildman–Crippen MR) is 85.9 cm³/mol. The molecule has 132 valence electrons. The molecule has 24 heavy (non-hydrogen) atoms. The third kappa shape index (κ3) is 4.33. The molecule has 0 bridgehead atoms. The normalized spacial score (nSPS) is 29.2. The molecule has 2 rings (SSSR count). The zero-order chi connectivity index (χ0) is 17.7. The standard InChI is InChI=1S/C18H24O6/c1-5-18(4)16(21-11-14-9-7-6-8-10-14)15(22-12(2)19)17(24-18)23-13(3)20/h6-10,15-17H,5,11H2,1-4H3/t15-,16?,17+,18+/m0/s1. The van der Waals surface area contributed by atoms with E-state index in [1.807, 2.05) is 44.2 Å². The fourth-order valence-electron chi connectivity index (χ4n) is 2.77. The Balaban J connectivity index is 2.20. The van der Waals surface area contributed by atoms with Crippen LogP contribution in [0.4, 0.5) is 0 Å². The van der Waals surface area contributed by atoms with Crippen molar-refractivity contribution < 1.29 is 28.5 Å². The predicted octanol–water partition coefficient (Wildman–Crippen LogP) is 2.59. The molecule has 1 heterocycles. The fourth-order valence-corrected chi connectivity index (χ4v) is 2.77. The second kappa shape index (κ2) is 7.77. The summed E-state index contributed by atoms with van der Waals surface area (Å²) < 4.78 is 22.4. The number of hydrogen-bond donors (Lipinski definition) is 0. The molecule has 0 aliphatic carbocycles. The minimum atomic E-state index is -0.975. The van der Waals surface area contributed by atoms with Crippen molar-refractivity contribution >= 4 is 11.9 Å². The van der Waals surface area contributed by atoms with Crippen LogP contribution in [0.2, 0.25) is 0 Å². The van der Waals surface area contributed by atoms with Crippen molar-refractivity contribution in [2.75, 3.05) is 0 Å². The lowest BCUT2D eigenvalue weighted by Crippen LogP contribution is -2.44. The molecule has 1 aromatic rings. The first kappa shape index (κ1) is 18.4. The fraction of sp³-hybridized carbons (Fsp3) is 0.556. The highest BCUT2D eigenvalue weighted by molar-refractivity contribution is 5.67. The highest BCUT2D eigenvalue weighted by Crippen LogP contribution is 2.38. The van der Waals surface area contributed by atoms with Gasteiger partial charge in [0.15, 0.2) is 6.10 Å². The SMILES string of the molecule is CC[C@@]1(C)O[C@@H](OC(C)=O)[C@@H](OC(C)=O)C1OCc1ccccc1. The van der Waals surface area contributed by atoms with Crippen LogP contribution < -0.4 is 0 Å². The van der Waals surface area contributed by atoms with Crippen LogP contribution in [0.1, 0.15) is 39.7 Å². The third-order valence-electron chi connectivity index (χ3n) is 4.11. The van der Waals surface area contributed by atoms with Gasteiger partial charge in [-0.2, -0.15) is 0 Å². The van der Waals surface area contributed by atoms with Crippen molar-refractivity contribution in [2.45, 2.75) is 64.8 Å². The number of ether oxygens (including phenoxy) is 4. The quantitative estimate of drug-likeness (QED) is 0.744. The van der Waals surface area contributed by atoms with Gasteiger partial charge in [0.05, 0.1) is 12.2 Å². The van der Waals surface area contributed by atoms with Crippen LogP contribution in [0.15, 0.2) is 30.3 Å². The Kier molecular flexibility index (Phi) is 5.96. The maximum atomic E-state index is 11.5. The Bertz CT molecular complexity index is 572. The smallest absolute Gasteiger partial charge is 0.305 e. The molecule has 6 nitrogen and oxygen atoms in total. The van der Waals surface area contributed by atoms with Crippen molar-refractivity contribution in [2.24, 2.45) is 0 Å². The van der Waals surface area contributed by atoms with Gasteiger partial charge >= 0.3 is 11.9 Å². The molecule has 4 atom stereocenters. The van der Waals surface area contributed by atoms with Crippen molar-refractivity contribution in [1.29, 1.82) is 0 Å². The molecule has 1 aliphatic rings. The molecule has 1 aromatic carbocycles. The molecule has 0 saturated carbocycles. The van der Waals surface area contributed by atoms with Gasteiger partial charge in [0.25, 0.3) is 0 Å². The van der Waals surface area contributed by atoms with Crippen LogP contribution in [0.25, 0.3) is 0 Å². The first-order chi connectivity index (χ1) is 11.4. The molecule has 0 spiro atoms. The van der Waals surface area contributed by atoms with E-state index in [0.717, 1.165) is 5.56 Å². The van der Waals surface area contributed by atoms with E-state index in [2.05, 4.69) is 0 Å². The summed E-state index contributed by atoms with van der Waals surface area (Å²) in [5.74, 6) is -0.978. The molecule has 1 aliphatic heterocycles. The van der Waals surface area contributed by atoms with Crippen LogP contribution in [0.5, 0.6) is 0 Å². The highest BCUT2D eigenvalue weighted by Gasteiger charge is 2.55. The summed E-state index contributed by atoms with van der Waals surface area (Å²) in [7, 11) is 0. The Morgan fingerprint density at radius 2 is 1.75 bits per heavy atom. The maximum absolute atomic E-state index is 11.5. The van der Waals surface area contributed by atoms with Gasteiger partial charge in [-0.1, -0.05) is 37.3 Å². The van der Waals surface area contributed by atoms with E-state index in [-0.39, 0.29) is 0 Å². The minimum Gasteiger partial charge on any atom is -0.453 e. The Morgan fingerprint density at radius 1 is 1.12 bits per heavy atom. The van der Waals surface area contributed by atoms with Crippen LogP contribution in [-0.4, -0.2) is 36.0 Å². The van der Waals surface area contributed by atoms with E-state index < -0.39 is 36.0 Å². The molecule has 0 aromatic heterocycles. The first-order valence-corrected chi connectivity index (χ1v) is 8.03. The Morgan fingerprint density at radius 3 is 2.29 bits per heavy atom. The molecular formula is C18H24O6. The number of benzene rings is 1. The van der Waals surface area contributed by atoms with Crippen molar-refractivity contribution in [1.82, 2.24) is 0 Å². The van der Waals surface area contributed by atoms with Crippen LogP contribution in [0, 0.1) is 0 Å². The monoisotopic (exact) mass is 336 g/mol. The van der Waals surface area contributed by atoms with Crippen molar-refractivity contribution in [3.05, 3.63) is 35.9 Å². The third-order valence-corrected chi connectivity index (χ3v) is 4.11.